The van der Waals surface area contributed by atoms with Crippen molar-refractivity contribution >= 4 is 11.9 Å². The number of esters is 2. The lowest BCUT2D eigenvalue weighted by atomic mass is 9.83. The Kier molecular flexibility index (Phi) is 6.21. The summed E-state index contributed by atoms with van der Waals surface area (Å²) in [4.78, 5) is 24.4. The molecule has 0 aromatic heterocycles. The van der Waals surface area contributed by atoms with Crippen LogP contribution in [0.4, 0.5) is 0 Å². The first-order valence-corrected chi connectivity index (χ1v) is 8.62. The van der Waals surface area contributed by atoms with Crippen molar-refractivity contribution in [3.05, 3.63) is 47.1 Å². The summed E-state index contributed by atoms with van der Waals surface area (Å²) < 4.78 is 10.9. The van der Waals surface area contributed by atoms with Crippen molar-refractivity contribution in [2.45, 2.75) is 58.5 Å². The summed E-state index contributed by atoms with van der Waals surface area (Å²) in [5.41, 5.74) is 1.71. The minimum Gasteiger partial charge on any atom is -0.455 e. The van der Waals surface area contributed by atoms with Crippen LogP contribution in [0.25, 0.3) is 0 Å². The third kappa shape index (κ3) is 3.97. The fourth-order valence-electron chi connectivity index (χ4n) is 3.03. The molecule has 0 bridgehead atoms. The molecule has 2 N–H and O–H groups in total. The minimum absolute atomic E-state index is 0.136. The van der Waals surface area contributed by atoms with E-state index in [2.05, 4.69) is 6.58 Å². The number of hydrogen-bond acceptors (Lipinski definition) is 6. The first-order chi connectivity index (χ1) is 12.2. The van der Waals surface area contributed by atoms with Crippen molar-refractivity contribution in [1.29, 1.82) is 0 Å². The number of fused-ring (bicyclic) bond motifs is 1. The molecule has 0 aromatic carbocycles. The Morgan fingerprint density at radius 1 is 1.35 bits per heavy atom. The molecule has 5 unspecified atom stereocenters. The van der Waals surface area contributed by atoms with Crippen LogP contribution in [0.1, 0.15) is 34.1 Å². The van der Waals surface area contributed by atoms with Crippen molar-refractivity contribution in [2.75, 3.05) is 0 Å². The molecule has 6 heteroatoms. The number of rotatable bonds is 2. The normalized spacial score (nSPS) is 33.0. The van der Waals surface area contributed by atoms with Crippen molar-refractivity contribution in [3.63, 3.8) is 0 Å². The fraction of sp³-hybridized carbons (Fsp3) is 0.500. The number of aliphatic hydroxyl groups is 2. The van der Waals surface area contributed by atoms with Gasteiger partial charge in [0.2, 0.25) is 0 Å². The van der Waals surface area contributed by atoms with Crippen molar-refractivity contribution in [3.8, 4) is 0 Å². The average Bonchev–Trinajstić information content (AvgIpc) is 2.88. The van der Waals surface area contributed by atoms with Crippen LogP contribution in [0.15, 0.2) is 47.1 Å². The standard InChI is InChI=1S/C20H26O6/c1-6-10(2)19(23)26-18-16-13(5)20(24)25-15(16)9-12(4)14(21)8-7-11(3)17(18)22/h6-7,9,14-18,21-22H,5,8H2,1-4H3. The van der Waals surface area contributed by atoms with Gasteiger partial charge < -0.3 is 19.7 Å². The molecule has 0 amide bonds. The second-order valence-electron chi connectivity index (χ2n) is 6.82. The van der Waals surface area contributed by atoms with Crippen molar-refractivity contribution in [1.82, 2.24) is 0 Å². The van der Waals surface area contributed by atoms with Crippen LogP contribution >= 0.6 is 0 Å². The summed E-state index contributed by atoms with van der Waals surface area (Å²) in [5, 5.41) is 21.0. The molecule has 6 nitrogen and oxygen atoms in total. The summed E-state index contributed by atoms with van der Waals surface area (Å²) in [6.07, 6.45) is 1.54. The largest absolute Gasteiger partial charge is 0.455 e. The van der Waals surface area contributed by atoms with E-state index in [0.717, 1.165) is 0 Å². The number of carbonyl (C=O) groups is 2. The van der Waals surface area contributed by atoms with Crippen LogP contribution in [0.3, 0.4) is 0 Å². The predicted molar refractivity (Wildman–Crippen MR) is 96.0 cm³/mol. The van der Waals surface area contributed by atoms with E-state index >= 15 is 0 Å². The van der Waals surface area contributed by atoms with Crippen LogP contribution in [-0.2, 0) is 19.1 Å². The molecule has 1 heterocycles. The molecule has 0 radical (unpaired) electrons. The Labute approximate surface area is 153 Å². The second kappa shape index (κ2) is 8.01. The SMILES string of the molecule is C=C1C(=O)OC2C=C(C)C(O)CC=C(C)C(O)C(OC(=O)C(C)=CC)C12. The van der Waals surface area contributed by atoms with Gasteiger partial charge in [-0.1, -0.05) is 18.7 Å². The van der Waals surface area contributed by atoms with Crippen LogP contribution < -0.4 is 0 Å². The summed E-state index contributed by atoms with van der Waals surface area (Å²) in [5.74, 6) is -1.92. The quantitative estimate of drug-likeness (QED) is 0.443. The van der Waals surface area contributed by atoms with E-state index in [-0.39, 0.29) is 5.57 Å². The van der Waals surface area contributed by atoms with Crippen LogP contribution in [0.5, 0.6) is 0 Å². The number of carbonyl (C=O) groups excluding carboxylic acids is 2. The number of allylic oxidation sites excluding steroid dienone is 1. The van der Waals surface area contributed by atoms with Gasteiger partial charge in [-0.05, 0) is 51.3 Å². The second-order valence-corrected chi connectivity index (χ2v) is 6.82. The van der Waals surface area contributed by atoms with Crippen molar-refractivity contribution in [2.24, 2.45) is 5.92 Å². The molecule has 1 fully saturated rings. The third-order valence-electron chi connectivity index (χ3n) is 5.01. The molecule has 2 rings (SSSR count). The Morgan fingerprint density at radius 2 is 2.00 bits per heavy atom. The maximum absolute atomic E-state index is 12.3. The summed E-state index contributed by atoms with van der Waals surface area (Å²) in [7, 11) is 0. The maximum atomic E-state index is 12.3. The molecular weight excluding hydrogens is 336 g/mol. The zero-order chi connectivity index (χ0) is 19.6. The van der Waals surface area contributed by atoms with Gasteiger partial charge in [-0.25, -0.2) is 9.59 Å². The number of hydrogen-bond donors (Lipinski definition) is 2. The van der Waals surface area contributed by atoms with Gasteiger partial charge in [0.05, 0.1) is 12.0 Å². The lowest BCUT2D eigenvalue weighted by Gasteiger charge is -2.31. The van der Waals surface area contributed by atoms with Gasteiger partial charge >= 0.3 is 11.9 Å². The smallest absolute Gasteiger partial charge is 0.334 e. The van der Waals surface area contributed by atoms with Gasteiger partial charge in [0, 0.05) is 11.1 Å². The molecule has 0 aromatic rings. The molecule has 0 saturated carbocycles. The van der Waals surface area contributed by atoms with Gasteiger partial charge in [-0.2, -0.15) is 0 Å². The average molecular weight is 362 g/mol. The van der Waals surface area contributed by atoms with E-state index < -0.39 is 42.3 Å². The van der Waals surface area contributed by atoms with E-state index in [4.69, 9.17) is 9.47 Å². The van der Waals surface area contributed by atoms with E-state index in [1.54, 1.807) is 45.9 Å². The number of ether oxygens (including phenoxy) is 2. The van der Waals surface area contributed by atoms with E-state index in [1.165, 1.54) is 0 Å². The summed E-state index contributed by atoms with van der Waals surface area (Å²) >= 11 is 0. The highest BCUT2D eigenvalue weighted by Crippen LogP contribution is 2.36. The first kappa shape index (κ1) is 20.1. The molecular formula is C20H26O6. The molecule has 1 saturated heterocycles. The van der Waals surface area contributed by atoms with Gasteiger partial charge in [0.15, 0.2) is 0 Å². The highest BCUT2D eigenvalue weighted by Gasteiger charge is 2.47. The Bertz CT molecular complexity index is 699. The first-order valence-electron chi connectivity index (χ1n) is 8.62. The highest BCUT2D eigenvalue weighted by molar-refractivity contribution is 5.92. The van der Waals surface area contributed by atoms with Crippen LogP contribution in [0, 0.1) is 5.92 Å². The fourth-order valence-corrected chi connectivity index (χ4v) is 3.03. The van der Waals surface area contributed by atoms with Gasteiger partial charge in [0.1, 0.15) is 18.3 Å². The van der Waals surface area contributed by atoms with E-state index in [0.29, 0.717) is 23.1 Å². The molecule has 1 aliphatic heterocycles. The monoisotopic (exact) mass is 362 g/mol. The van der Waals surface area contributed by atoms with E-state index in [1.807, 2.05) is 0 Å². The van der Waals surface area contributed by atoms with Gasteiger partial charge in [-0.3, -0.25) is 0 Å². The molecule has 0 spiro atoms. The van der Waals surface area contributed by atoms with E-state index in [9.17, 15) is 19.8 Å². The zero-order valence-corrected chi connectivity index (χ0v) is 15.6. The van der Waals surface area contributed by atoms with Crippen LogP contribution in [0.2, 0.25) is 0 Å². The molecule has 142 valence electrons. The predicted octanol–water partition coefficient (Wildman–Crippen LogP) is 1.98. The molecule has 26 heavy (non-hydrogen) atoms. The molecule has 5 atom stereocenters. The topological polar surface area (TPSA) is 93.1 Å². The molecule has 1 aliphatic carbocycles. The van der Waals surface area contributed by atoms with Gasteiger partial charge in [-0.15, -0.1) is 0 Å². The van der Waals surface area contributed by atoms with Crippen molar-refractivity contribution < 1.29 is 29.3 Å². The lowest BCUT2D eigenvalue weighted by molar-refractivity contribution is -0.153. The highest BCUT2D eigenvalue weighted by atomic mass is 16.6. The van der Waals surface area contributed by atoms with Crippen LogP contribution in [-0.4, -0.2) is 46.6 Å². The summed E-state index contributed by atoms with van der Waals surface area (Å²) in [6.45, 7) is 10.5. The summed E-state index contributed by atoms with van der Waals surface area (Å²) in [6, 6.07) is 0. The zero-order valence-electron chi connectivity index (χ0n) is 15.6. The molecule has 2 aliphatic rings. The third-order valence-corrected chi connectivity index (χ3v) is 5.01. The Hall–Kier alpha value is -2.18. The lowest BCUT2D eigenvalue weighted by Crippen LogP contribution is -2.42. The minimum atomic E-state index is -1.15. The van der Waals surface area contributed by atoms with Gasteiger partial charge in [0.25, 0.3) is 0 Å². The Morgan fingerprint density at radius 3 is 2.62 bits per heavy atom. The maximum Gasteiger partial charge on any atom is 0.334 e. The Balaban J connectivity index is 2.51. The number of aliphatic hydroxyl groups excluding tert-OH is 2.